The van der Waals surface area contributed by atoms with Crippen LogP contribution in [0, 0.1) is 5.82 Å². The van der Waals surface area contributed by atoms with Crippen LogP contribution in [0.5, 0.6) is 0 Å². The Morgan fingerprint density at radius 2 is 2.12 bits per heavy atom. The van der Waals surface area contributed by atoms with Crippen LogP contribution in [-0.2, 0) is 11.3 Å². The number of para-hydroxylation sites is 1. The van der Waals surface area contributed by atoms with E-state index in [4.69, 9.17) is 0 Å². The number of hydrogen-bond donors (Lipinski definition) is 1. The number of carbonyl (C=O) groups excluding carboxylic acids is 1. The van der Waals surface area contributed by atoms with Gasteiger partial charge in [0.05, 0.1) is 17.4 Å². The largest absolute Gasteiger partial charge is 0.358 e. The summed E-state index contributed by atoms with van der Waals surface area (Å²) in [7, 11) is 0. The summed E-state index contributed by atoms with van der Waals surface area (Å²) in [5.41, 5.74) is 4.90. The zero-order valence-electron chi connectivity index (χ0n) is 18.3. The smallest absolute Gasteiger partial charge is 0.242 e. The third-order valence-electron chi connectivity index (χ3n) is 6.15. The van der Waals surface area contributed by atoms with Gasteiger partial charge in [0, 0.05) is 31.9 Å². The van der Waals surface area contributed by atoms with E-state index in [1.54, 1.807) is 34.7 Å². The zero-order chi connectivity index (χ0) is 23.2. The fourth-order valence-corrected chi connectivity index (χ4v) is 5.33. The lowest BCUT2D eigenvalue weighted by atomic mass is 10.2. The number of amides is 1. The highest BCUT2D eigenvalue weighted by Crippen LogP contribution is 2.34. The first-order chi connectivity index (χ1) is 16.6. The van der Waals surface area contributed by atoms with Gasteiger partial charge in [0.2, 0.25) is 5.91 Å². The average molecular weight is 477 g/mol. The van der Waals surface area contributed by atoms with Crippen molar-refractivity contribution in [1.29, 1.82) is 0 Å². The molecule has 172 valence electrons. The van der Waals surface area contributed by atoms with Gasteiger partial charge in [-0.3, -0.25) is 4.79 Å². The van der Waals surface area contributed by atoms with E-state index in [-0.39, 0.29) is 24.3 Å². The Balaban J connectivity index is 1.19. The van der Waals surface area contributed by atoms with Crippen molar-refractivity contribution >= 4 is 44.4 Å². The molecule has 5 aromatic rings. The van der Waals surface area contributed by atoms with Crippen molar-refractivity contribution in [3.63, 3.8) is 0 Å². The Labute approximate surface area is 197 Å². The van der Waals surface area contributed by atoms with E-state index >= 15 is 0 Å². The summed E-state index contributed by atoms with van der Waals surface area (Å²) in [5, 5.41) is 0.961. The maximum atomic E-state index is 14.1. The van der Waals surface area contributed by atoms with Crippen LogP contribution in [0.2, 0.25) is 0 Å². The monoisotopic (exact) mass is 476 g/mol. The Hall–Kier alpha value is -3.86. The number of pyridine rings is 1. The average Bonchev–Trinajstić information content (AvgIpc) is 3.58. The van der Waals surface area contributed by atoms with Gasteiger partial charge in [0.15, 0.2) is 17.3 Å². The van der Waals surface area contributed by atoms with E-state index in [0.29, 0.717) is 47.8 Å². The van der Waals surface area contributed by atoms with Gasteiger partial charge >= 0.3 is 0 Å². The SMILES string of the molecule is CC1CN(c2scnc2-c2nc3c(F)cccc3[nH]2)CCN1C(=O)Cn1cnc2cccnc21. The molecule has 0 saturated carbocycles. The highest BCUT2D eigenvalue weighted by Gasteiger charge is 2.30. The molecule has 1 atom stereocenters. The highest BCUT2D eigenvalue weighted by atomic mass is 32.1. The molecule has 1 saturated heterocycles. The number of benzene rings is 1. The van der Waals surface area contributed by atoms with Crippen LogP contribution in [0.25, 0.3) is 33.7 Å². The fourth-order valence-electron chi connectivity index (χ4n) is 4.50. The number of thiazole rings is 1. The molecular formula is C23H21FN8OS. The Kier molecular flexibility index (Phi) is 4.98. The molecule has 1 unspecified atom stereocenters. The van der Waals surface area contributed by atoms with Gasteiger partial charge in [-0.2, -0.15) is 0 Å². The molecule has 1 amide bonds. The van der Waals surface area contributed by atoms with E-state index in [1.807, 2.05) is 24.0 Å². The standard InChI is InChI=1S/C23H21FN8OS/c1-14-10-30(8-9-32(14)18(33)11-31-12-26-17-6-3-7-25-22(17)31)23-20(27-13-34-23)21-28-16-5-2-4-15(24)19(16)29-21/h2-7,12-14H,8-11H2,1H3,(H,28,29). The molecule has 4 aromatic heterocycles. The lowest BCUT2D eigenvalue weighted by Gasteiger charge is -2.40. The van der Waals surface area contributed by atoms with Gasteiger partial charge in [0.25, 0.3) is 0 Å². The topological polar surface area (TPSA) is 95.8 Å². The number of imidazole rings is 2. The third kappa shape index (κ3) is 3.48. The molecule has 0 spiro atoms. The van der Waals surface area contributed by atoms with E-state index in [9.17, 15) is 9.18 Å². The van der Waals surface area contributed by atoms with Crippen LogP contribution in [0.4, 0.5) is 9.39 Å². The summed E-state index contributed by atoms with van der Waals surface area (Å²) < 4.78 is 15.9. The molecule has 0 bridgehead atoms. The second kappa shape index (κ2) is 8.17. The molecule has 1 fully saturated rings. The first kappa shape index (κ1) is 20.7. The van der Waals surface area contributed by atoms with Crippen molar-refractivity contribution in [3.05, 3.63) is 54.2 Å². The third-order valence-corrected chi connectivity index (χ3v) is 7.04. The van der Waals surface area contributed by atoms with Crippen LogP contribution in [-0.4, -0.2) is 66.0 Å². The quantitative estimate of drug-likeness (QED) is 0.428. The molecule has 6 rings (SSSR count). The molecule has 34 heavy (non-hydrogen) atoms. The number of piperazine rings is 1. The Morgan fingerprint density at radius 3 is 2.97 bits per heavy atom. The summed E-state index contributed by atoms with van der Waals surface area (Å²) >= 11 is 1.52. The van der Waals surface area contributed by atoms with Gasteiger partial charge in [-0.15, -0.1) is 11.3 Å². The van der Waals surface area contributed by atoms with Crippen LogP contribution >= 0.6 is 11.3 Å². The van der Waals surface area contributed by atoms with Crippen molar-refractivity contribution in [1.82, 2.24) is 34.4 Å². The fraction of sp³-hybridized carbons (Fsp3) is 0.261. The van der Waals surface area contributed by atoms with Crippen molar-refractivity contribution < 1.29 is 9.18 Å². The molecular weight excluding hydrogens is 455 g/mol. The summed E-state index contributed by atoms with van der Waals surface area (Å²) in [5.74, 6) is 0.217. The van der Waals surface area contributed by atoms with Crippen LogP contribution < -0.4 is 4.90 Å². The minimum absolute atomic E-state index is 0.00654. The van der Waals surface area contributed by atoms with Crippen LogP contribution in [0.3, 0.4) is 0 Å². The zero-order valence-corrected chi connectivity index (χ0v) is 19.2. The summed E-state index contributed by atoms with van der Waals surface area (Å²) in [6, 6.07) is 8.57. The minimum Gasteiger partial charge on any atom is -0.358 e. The van der Waals surface area contributed by atoms with Gasteiger partial charge in [-0.25, -0.2) is 24.3 Å². The molecule has 0 radical (unpaired) electrons. The molecule has 5 heterocycles. The number of nitrogens with one attached hydrogen (secondary N) is 1. The second-order valence-corrected chi connectivity index (χ2v) is 9.16. The number of fused-ring (bicyclic) bond motifs is 2. The van der Waals surface area contributed by atoms with E-state index in [1.165, 1.54) is 17.4 Å². The number of aromatic amines is 1. The van der Waals surface area contributed by atoms with Crippen molar-refractivity contribution in [2.24, 2.45) is 0 Å². The van der Waals surface area contributed by atoms with E-state index < -0.39 is 0 Å². The molecule has 1 aliphatic rings. The maximum absolute atomic E-state index is 14.1. The number of rotatable bonds is 4. The Morgan fingerprint density at radius 1 is 1.21 bits per heavy atom. The first-order valence-electron chi connectivity index (χ1n) is 11.0. The lowest BCUT2D eigenvalue weighted by Crippen LogP contribution is -2.54. The Bertz CT molecular complexity index is 1510. The first-order valence-corrected chi connectivity index (χ1v) is 11.8. The van der Waals surface area contributed by atoms with Gasteiger partial charge in [-0.05, 0) is 31.2 Å². The highest BCUT2D eigenvalue weighted by molar-refractivity contribution is 7.14. The summed E-state index contributed by atoms with van der Waals surface area (Å²) in [4.78, 5) is 38.0. The molecule has 1 aliphatic heterocycles. The molecule has 9 nitrogen and oxygen atoms in total. The number of anilines is 1. The van der Waals surface area contributed by atoms with Gasteiger partial charge in [0.1, 0.15) is 28.3 Å². The second-order valence-electron chi connectivity index (χ2n) is 8.33. The normalized spacial score (nSPS) is 16.6. The van der Waals surface area contributed by atoms with Gasteiger partial charge in [-0.1, -0.05) is 6.07 Å². The number of halogens is 1. The molecule has 1 aromatic carbocycles. The predicted molar refractivity (Wildman–Crippen MR) is 128 cm³/mol. The maximum Gasteiger partial charge on any atom is 0.242 e. The van der Waals surface area contributed by atoms with Gasteiger partial charge < -0.3 is 19.4 Å². The van der Waals surface area contributed by atoms with Crippen LogP contribution in [0.15, 0.2) is 48.4 Å². The summed E-state index contributed by atoms with van der Waals surface area (Å²) in [6.07, 6.45) is 3.37. The van der Waals surface area contributed by atoms with Crippen molar-refractivity contribution in [2.75, 3.05) is 24.5 Å². The number of H-pyrrole nitrogens is 1. The number of hydrogen-bond acceptors (Lipinski definition) is 7. The molecule has 11 heteroatoms. The lowest BCUT2D eigenvalue weighted by molar-refractivity contribution is -0.134. The predicted octanol–water partition coefficient (Wildman–Crippen LogP) is 3.31. The van der Waals surface area contributed by atoms with Crippen molar-refractivity contribution in [2.45, 2.75) is 19.5 Å². The molecule has 0 aliphatic carbocycles. The van der Waals surface area contributed by atoms with E-state index in [2.05, 4.69) is 29.8 Å². The van der Waals surface area contributed by atoms with Crippen molar-refractivity contribution in [3.8, 4) is 11.5 Å². The summed E-state index contributed by atoms with van der Waals surface area (Å²) in [6.45, 7) is 4.17. The molecule has 1 N–H and O–H groups in total. The van der Waals surface area contributed by atoms with E-state index in [0.717, 1.165) is 10.5 Å². The number of nitrogens with zero attached hydrogens (tertiary/aromatic N) is 7. The number of aromatic nitrogens is 6. The van der Waals surface area contributed by atoms with Crippen LogP contribution in [0.1, 0.15) is 6.92 Å². The number of carbonyl (C=O) groups is 1. The minimum atomic E-state index is -0.363.